The van der Waals surface area contributed by atoms with E-state index >= 15 is 0 Å². The number of methoxy groups -OCH3 is 1. The van der Waals surface area contributed by atoms with Crippen molar-refractivity contribution in [2.75, 3.05) is 31.7 Å². The summed E-state index contributed by atoms with van der Waals surface area (Å²) in [4.78, 5) is 15.7. The molecule has 10 heteroatoms. The van der Waals surface area contributed by atoms with Gasteiger partial charge in [0.15, 0.2) is 0 Å². The molecule has 226 valence electrons. The number of hydrogen-bond donors (Lipinski definition) is 2. The zero-order valence-electron chi connectivity index (χ0n) is 24.1. The summed E-state index contributed by atoms with van der Waals surface area (Å²) in [6.45, 7) is 3.39. The number of benzene rings is 2. The second kappa shape index (κ2) is 11.5. The van der Waals surface area contributed by atoms with Gasteiger partial charge in [0.05, 0.1) is 24.5 Å². The van der Waals surface area contributed by atoms with Gasteiger partial charge in [-0.05, 0) is 98.7 Å². The van der Waals surface area contributed by atoms with Crippen molar-refractivity contribution in [2.24, 2.45) is 11.8 Å². The third-order valence-corrected chi connectivity index (χ3v) is 11.9. The number of rotatable bonds is 1. The lowest BCUT2D eigenvalue weighted by atomic mass is 9.68. The third kappa shape index (κ3) is 5.45. The van der Waals surface area contributed by atoms with E-state index in [-0.39, 0.29) is 22.8 Å². The molecule has 1 saturated carbocycles. The standard InChI is InChI=1S/C32H39ClN2O6S/c1-20-29(40-2)7-3-6-28(36)25-11-8-23(25)17-35-18-32(14-4-5-21-15-24(33)10-12-26(21)32)19-41-30-13-9-22(16-27(30)35)31(37)34-42(20,38)39/h3,6,9-10,12-13,15-16,20,23,25,28-29,36H,4-5,7-8,11,14,17-19H2,1-2H3,(H,34,37)/b6-3+/t20-,23-,25+,28-,29-,32-/m0/s1. The molecule has 2 aliphatic carbocycles. The lowest BCUT2D eigenvalue weighted by molar-refractivity contribution is 0.0452. The molecule has 6 rings (SSSR count). The van der Waals surface area contributed by atoms with Crippen LogP contribution >= 0.6 is 11.6 Å². The van der Waals surface area contributed by atoms with E-state index < -0.39 is 33.4 Å². The molecule has 1 amide bonds. The quantitative estimate of drug-likeness (QED) is 0.452. The number of amides is 1. The van der Waals surface area contributed by atoms with Crippen LogP contribution in [0.1, 0.15) is 60.5 Å². The maximum absolute atomic E-state index is 13.3. The van der Waals surface area contributed by atoms with Crippen molar-refractivity contribution in [3.63, 3.8) is 0 Å². The Hall–Kier alpha value is -2.59. The smallest absolute Gasteiger partial charge is 0.264 e. The van der Waals surface area contributed by atoms with Gasteiger partial charge in [0.2, 0.25) is 10.0 Å². The highest BCUT2D eigenvalue weighted by molar-refractivity contribution is 7.90. The summed E-state index contributed by atoms with van der Waals surface area (Å²) in [6.07, 6.45) is 7.41. The highest BCUT2D eigenvalue weighted by Gasteiger charge is 2.44. The second-order valence-corrected chi connectivity index (χ2v) is 14.9. The number of nitrogens with one attached hydrogen (secondary N) is 1. The van der Waals surface area contributed by atoms with E-state index in [0.717, 1.165) is 42.8 Å². The van der Waals surface area contributed by atoms with E-state index in [1.807, 2.05) is 6.07 Å². The van der Waals surface area contributed by atoms with Crippen molar-refractivity contribution in [3.8, 4) is 5.75 Å². The third-order valence-electron chi connectivity index (χ3n) is 9.92. The lowest BCUT2D eigenvalue weighted by Gasteiger charge is -2.45. The Kier molecular flexibility index (Phi) is 8.06. The van der Waals surface area contributed by atoms with Crippen molar-refractivity contribution in [3.05, 3.63) is 70.3 Å². The topological polar surface area (TPSA) is 105 Å². The number of carbonyl (C=O) groups is 1. The normalized spacial score (nSPS) is 33.3. The first-order valence-corrected chi connectivity index (χ1v) is 16.8. The Morgan fingerprint density at radius 1 is 1.19 bits per heavy atom. The molecule has 2 aromatic carbocycles. The molecule has 2 heterocycles. The van der Waals surface area contributed by atoms with Gasteiger partial charge in [-0.25, -0.2) is 13.1 Å². The maximum Gasteiger partial charge on any atom is 0.264 e. The first kappa shape index (κ1) is 29.5. The zero-order chi connectivity index (χ0) is 29.6. The molecule has 0 saturated heterocycles. The molecule has 42 heavy (non-hydrogen) atoms. The number of fused-ring (bicyclic) bond motifs is 4. The van der Waals surface area contributed by atoms with Crippen LogP contribution in [-0.2, 0) is 26.6 Å². The van der Waals surface area contributed by atoms with Crippen LogP contribution in [0.3, 0.4) is 0 Å². The zero-order valence-corrected chi connectivity index (χ0v) is 25.7. The summed E-state index contributed by atoms with van der Waals surface area (Å²) in [5, 5.41) is 10.9. The van der Waals surface area contributed by atoms with Gasteiger partial charge in [0.1, 0.15) is 11.0 Å². The van der Waals surface area contributed by atoms with Crippen LogP contribution < -0.4 is 14.4 Å². The molecule has 6 atom stereocenters. The fraction of sp³-hybridized carbons (Fsp3) is 0.531. The van der Waals surface area contributed by atoms with Crippen LogP contribution in [-0.4, -0.2) is 63.7 Å². The summed E-state index contributed by atoms with van der Waals surface area (Å²) >= 11 is 6.38. The Labute approximate surface area is 253 Å². The Balaban J connectivity index is 1.42. The number of ether oxygens (including phenoxy) is 2. The number of carbonyl (C=O) groups excluding carboxylic acids is 1. The van der Waals surface area contributed by atoms with Gasteiger partial charge < -0.3 is 19.5 Å². The van der Waals surface area contributed by atoms with Crippen LogP contribution in [0, 0.1) is 11.8 Å². The highest BCUT2D eigenvalue weighted by Crippen LogP contribution is 2.46. The number of aliphatic hydroxyl groups is 1. The molecule has 4 aliphatic rings. The monoisotopic (exact) mass is 614 g/mol. The minimum atomic E-state index is -4.05. The molecule has 1 fully saturated rings. The second-order valence-electron chi connectivity index (χ2n) is 12.4. The van der Waals surface area contributed by atoms with Gasteiger partial charge in [-0.1, -0.05) is 29.8 Å². The molecule has 0 radical (unpaired) electrons. The largest absolute Gasteiger partial charge is 0.490 e. The average Bonchev–Trinajstić information content (AvgIpc) is 3.09. The van der Waals surface area contributed by atoms with Crippen LogP contribution in [0.5, 0.6) is 5.75 Å². The predicted molar refractivity (Wildman–Crippen MR) is 163 cm³/mol. The van der Waals surface area contributed by atoms with E-state index in [4.69, 9.17) is 21.1 Å². The molecular formula is C32H39ClN2O6S. The molecule has 1 spiro atoms. The van der Waals surface area contributed by atoms with Gasteiger partial charge in [-0.2, -0.15) is 0 Å². The lowest BCUT2D eigenvalue weighted by Crippen LogP contribution is -2.49. The van der Waals surface area contributed by atoms with E-state index in [1.54, 1.807) is 30.4 Å². The fourth-order valence-corrected chi connectivity index (χ4v) is 8.64. The molecule has 0 aromatic heterocycles. The van der Waals surface area contributed by atoms with Crippen LogP contribution in [0.4, 0.5) is 5.69 Å². The SMILES string of the molecule is CO[C@H]1C/C=C/[C@H](O)[C@@H]2CC[C@H]2CN2C[C@@]3(CCCc4cc(Cl)ccc43)COc3ccc(cc32)C(=O)NS(=O)(=O)[C@H]1C. The minimum absolute atomic E-state index is 0.0869. The highest BCUT2D eigenvalue weighted by atomic mass is 35.5. The van der Waals surface area contributed by atoms with Crippen LogP contribution in [0.2, 0.25) is 5.02 Å². The van der Waals surface area contributed by atoms with E-state index in [2.05, 4.69) is 21.8 Å². The molecule has 8 nitrogen and oxygen atoms in total. The van der Waals surface area contributed by atoms with Crippen molar-refractivity contribution in [1.82, 2.24) is 4.72 Å². The van der Waals surface area contributed by atoms with Crippen molar-refractivity contribution < 1.29 is 27.8 Å². The Morgan fingerprint density at radius 2 is 2.02 bits per heavy atom. The summed E-state index contributed by atoms with van der Waals surface area (Å²) < 4.78 is 40.7. The van der Waals surface area contributed by atoms with E-state index in [0.29, 0.717) is 31.9 Å². The summed E-state index contributed by atoms with van der Waals surface area (Å²) in [7, 11) is -2.59. The molecule has 2 aliphatic heterocycles. The minimum Gasteiger partial charge on any atom is -0.490 e. The van der Waals surface area contributed by atoms with Crippen molar-refractivity contribution >= 4 is 33.2 Å². The van der Waals surface area contributed by atoms with Gasteiger partial charge in [0.25, 0.3) is 5.91 Å². The fourth-order valence-electron chi connectivity index (χ4n) is 7.26. The number of hydrogen-bond acceptors (Lipinski definition) is 7. The van der Waals surface area contributed by atoms with Gasteiger partial charge in [-0.3, -0.25) is 4.79 Å². The number of halogens is 1. The molecule has 2 N–H and O–H groups in total. The van der Waals surface area contributed by atoms with Gasteiger partial charge in [0, 0.05) is 36.2 Å². The molecule has 2 bridgehead atoms. The van der Waals surface area contributed by atoms with Gasteiger partial charge in [-0.15, -0.1) is 0 Å². The maximum atomic E-state index is 13.3. The van der Waals surface area contributed by atoms with Crippen molar-refractivity contribution in [1.29, 1.82) is 0 Å². The molecular weight excluding hydrogens is 576 g/mol. The van der Waals surface area contributed by atoms with Crippen LogP contribution in [0.15, 0.2) is 48.6 Å². The average molecular weight is 615 g/mol. The van der Waals surface area contributed by atoms with E-state index in [9.17, 15) is 18.3 Å². The molecule has 0 unspecified atom stereocenters. The predicted octanol–water partition coefficient (Wildman–Crippen LogP) is 4.62. The first-order valence-electron chi connectivity index (χ1n) is 14.8. The van der Waals surface area contributed by atoms with Crippen molar-refractivity contribution in [2.45, 2.75) is 68.3 Å². The summed E-state index contributed by atoms with van der Waals surface area (Å²) in [6, 6.07) is 11.3. The summed E-state index contributed by atoms with van der Waals surface area (Å²) in [5.41, 5.74) is 3.23. The summed E-state index contributed by atoms with van der Waals surface area (Å²) in [5.74, 6) is 0.320. The number of nitrogens with zero attached hydrogens (tertiary/aromatic N) is 1. The first-order chi connectivity index (χ1) is 20.1. The Bertz CT molecular complexity index is 1500. The number of aliphatic hydroxyl groups excluding tert-OH is 1. The Morgan fingerprint density at radius 3 is 2.79 bits per heavy atom. The van der Waals surface area contributed by atoms with Gasteiger partial charge >= 0.3 is 0 Å². The number of sulfonamides is 1. The number of aryl methyl sites for hydroxylation is 1. The van der Waals surface area contributed by atoms with E-state index in [1.165, 1.54) is 25.2 Å². The molecule has 2 aromatic rings. The van der Waals surface area contributed by atoms with Crippen LogP contribution in [0.25, 0.3) is 0 Å². The number of anilines is 1.